The van der Waals surface area contributed by atoms with Gasteiger partial charge in [0.2, 0.25) is 8.32 Å². The van der Waals surface area contributed by atoms with Crippen LogP contribution in [0.5, 0.6) is 0 Å². The predicted octanol–water partition coefficient (Wildman–Crippen LogP) is 4.27. The Bertz CT molecular complexity index is 179. The molecule has 0 aromatic heterocycles. The van der Waals surface area contributed by atoms with Crippen LogP contribution in [-0.2, 0) is 9.16 Å². The van der Waals surface area contributed by atoms with E-state index >= 15 is 0 Å². The molecular weight excluding hydrogens is 216 g/mol. The van der Waals surface area contributed by atoms with Crippen molar-refractivity contribution in [1.82, 2.24) is 0 Å². The molecule has 0 radical (unpaired) electrons. The highest BCUT2D eigenvalue weighted by atomic mass is 28.4. The van der Waals surface area contributed by atoms with Gasteiger partial charge in [0, 0.05) is 6.61 Å². The summed E-state index contributed by atoms with van der Waals surface area (Å²) in [6, 6.07) is 0. The number of hydrogen-bond donors (Lipinski definition) is 0. The molecule has 0 unspecified atom stereocenters. The minimum atomic E-state index is -1.56. The zero-order valence-corrected chi connectivity index (χ0v) is 12.4. The smallest absolute Gasteiger partial charge is 0.224 e. The molecule has 0 aliphatic heterocycles. The van der Waals surface area contributed by atoms with E-state index < -0.39 is 8.32 Å². The summed E-state index contributed by atoms with van der Waals surface area (Å²) in [5.74, 6) is 0. The lowest BCUT2D eigenvalue weighted by molar-refractivity contribution is 0.250. The average molecular weight is 244 g/mol. The van der Waals surface area contributed by atoms with Gasteiger partial charge in [0.15, 0.2) is 0 Å². The fraction of sp³-hybridized carbons (Fsp3) is 0.846. The second-order valence-electron chi connectivity index (χ2n) is 4.72. The number of allylic oxidation sites excluding steroid dienone is 1. The largest absolute Gasteiger partial charge is 0.502 e. The van der Waals surface area contributed by atoms with Crippen molar-refractivity contribution in [1.29, 1.82) is 0 Å². The highest BCUT2D eigenvalue weighted by Crippen LogP contribution is 2.06. The topological polar surface area (TPSA) is 18.5 Å². The summed E-state index contributed by atoms with van der Waals surface area (Å²) in [5.41, 5.74) is 0. The first-order chi connectivity index (χ1) is 7.62. The third kappa shape index (κ3) is 10.2. The van der Waals surface area contributed by atoms with Crippen LogP contribution in [0.3, 0.4) is 0 Å². The van der Waals surface area contributed by atoms with Crippen LogP contribution >= 0.6 is 0 Å². The zero-order chi connectivity index (χ0) is 12.3. The van der Waals surface area contributed by atoms with E-state index in [1.54, 1.807) is 0 Å². The lowest BCUT2D eigenvalue weighted by atomic mass is 10.2. The molecule has 0 aromatic carbocycles. The average Bonchev–Trinajstić information content (AvgIpc) is 2.22. The monoisotopic (exact) mass is 244 g/mol. The lowest BCUT2D eigenvalue weighted by Gasteiger charge is -2.20. The van der Waals surface area contributed by atoms with Crippen LogP contribution in [0.2, 0.25) is 13.1 Å². The summed E-state index contributed by atoms with van der Waals surface area (Å²) >= 11 is 0. The van der Waals surface area contributed by atoms with Gasteiger partial charge in [-0.1, -0.05) is 26.2 Å². The molecule has 0 atom stereocenters. The Morgan fingerprint density at radius 1 is 1.06 bits per heavy atom. The Labute approximate surface area is 102 Å². The molecule has 0 saturated carbocycles. The SMILES string of the molecule is CCCCCCC=COC[Si](C)(C)OCC. The maximum Gasteiger partial charge on any atom is 0.224 e. The van der Waals surface area contributed by atoms with Gasteiger partial charge >= 0.3 is 0 Å². The maximum atomic E-state index is 5.67. The highest BCUT2D eigenvalue weighted by Gasteiger charge is 2.21. The standard InChI is InChI=1S/C13H28O2Si/c1-5-7-8-9-10-11-12-14-13-16(3,4)15-6-2/h11-12H,5-10,13H2,1-4H3. The van der Waals surface area contributed by atoms with E-state index in [-0.39, 0.29) is 0 Å². The quantitative estimate of drug-likeness (QED) is 0.325. The third-order valence-electron chi connectivity index (χ3n) is 2.38. The zero-order valence-electron chi connectivity index (χ0n) is 11.4. The highest BCUT2D eigenvalue weighted by molar-refractivity contribution is 6.71. The van der Waals surface area contributed by atoms with Gasteiger partial charge in [0.1, 0.15) is 6.23 Å². The van der Waals surface area contributed by atoms with Crippen LogP contribution in [-0.4, -0.2) is 21.2 Å². The molecule has 2 nitrogen and oxygen atoms in total. The van der Waals surface area contributed by atoms with Gasteiger partial charge in [0.25, 0.3) is 0 Å². The minimum Gasteiger partial charge on any atom is -0.502 e. The van der Waals surface area contributed by atoms with Crippen molar-refractivity contribution in [3.63, 3.8) is 0 Å². The second-order valence-corrected chi connectivity index (χ2v) is 8.82. The van der Waals surface area contributed by atoms with Crippen molar-refractivity contribution in [2.45, 2.75) is 59.0 Å². The molecule has 0 aliphatic rings. The first-order valence-corrected chi connectivity index (χ1v) is 9.64. The van der Waals surface area contributed by atoms with Gasteiger partial charge in [-0.3, -0.25) is 0 Å². The predicted molar refractivity (Wildman–Crippen MR) is 73.0 cm³/mol. The van der Waals surface area contributed by atoms with E-state index in [9.17, 15) is 0 Å². The normalized spacial score (nSPS) is 12.2. The fourth-order valence-corrected chi connectivity index (χ4v) is 2.87. The van der Waals surface area contributed by atoms with E-state index in [0.29, 0.717) is 0 Å². The van der Waals surface area contributed by atoms with Gasteiger partial charge in [-0.2, -0.15) is 0 Å². The van der Waals surface area contributed by atoms with Crippen LogP contribution in [0.1, 0.15) is 46.0 Å². The van der Waals surface area contributed by atoms with E-state index in [2.05, 4.69) is 26.1 Å². The molecule has 16 heavy (non-hydrogen) atoms. The van der Waals surface area contributed by atoms with E-state index in [4.69, 9.17) is 9.16 Å². The van der Waals surface area contributed by atoms with Crippen LogP contribution in [0.4, 0.5) is 0 Å². The molecule has 0 heterocycles. The summed E-state index contributed by atoms with van der Waals surface area (Å²) in [7, 11) is -1.56. The first kappa shape index (κ1) is 15.7. The number of ether oxygens (including phenoxy) is 1. The van der Waals surface area contributed by atoms with Crippen LogP contribution in [0.15, 0.2) is 12.3 Å². The summed E-state index contributed by atoms with van der Waals surface area (Å²) in [4.78, 5) is 0. The fourth-order valence-electron chi connectivity index (χ4n) is 1.51. The minimum absolute atomic E-state index is 0.756. The molecule has 0 bridgehead atoms. The van der Waals surface area contributed by atoms with E-state index in [1.165, 1.54) is 25.7 Å². The van der Waals surface area contributed by atoms with E-state index in [1.807, 2.05) is 13.2 Å². The van der Waals surface area contributed by atoms with Crippen molar-refractivity contribution in [2.24, 2.45) is 0 Å². The second kappa shape index (κ2) is 9.91. The van der Waals surface area contributed by atoms with Gasteiger partial charge in [-0.05, 0) is 38.9 Å². The Morgan fingerprint density at radius 3 is 2.44 bits per heavy atom. The van der Waals surface area contributed by atoms with Gasteiger partial charge in [0.05, 0.1) is 6.26 Å². The molecule has 0 fully saturated rings. The van der Waals surface area contributed by atoms with Crippen molar-refractivity contribution in [2.75, 3.05) is 12.8 Å². The first-order valence-electron chi connectivity index (χ1n) is 6.53. The van der Waals surface area contributed by atoms with Crippen molar-refractivity contribution in [3.05, 3.63) is 12.3 Å². The molecule has 0 aromatic rings. The van der Waals surface area contributed by atoms with Crippen LogP contribution < -0.4 is 0 Å². The molecule has 0 spiro atoms. The molecular formula is C13H28O2Si. The Balaban J connectivity index is 3.39. The summed E-state index contributed by atoms with van der Waals surface area (Å²) in [6.07, 6.45) is 11.1. The number of unbranched alkanes of at least 4 members (excludes halogenated alkanes) is 4. The van der Waals surface area contributed by atoms with Gasteiger partial charge < -0.3 is 9.16 Å². The third-order valence-corrected chi connectivity index (χ3v) is 4.31. The maximum absolute atomic E-state index is 5.67. The lowest BCUT2D eigenvalue weighted by Crippen LogP contribution is -2.36. The van der Waals surface area contributed by atoms with E-state index in [0.717, 1.165) is 19.3 Å². The number of hydrogen-bond acceptors (Lipinski definition) is 2. The molecule has 0 rings (SSSR count). The molecule has 0 saturated heterocycles. The molecule has 3 heteroatoms. The number of rotatable bonds is 10. The van der Waals surface area contributed by atoms with Gasteiger partial charge in [-0.25, -0.2) is 0 Å². The van der Waals surface area contributed by atoms with Crippen LogP contribution in [0, 0.1) is 0 Å². The van der Waals surface area contributed by atoms with Crippen LogP contribution in [0.25, 0.3) is 0 Å². The van der Waals surface area contributed by atoms with Crippen molar-refractivity contribution in [3.8, 4) is 0 Å². The Morgan fingerprint density at radius 2 is 1.81 bits per heavy atom. The molecule has 96 valence electrons. The van der Waals surface area contributed by atoms with Crippen molar-refractivity contribution < 1.29 is 9.16 Å². The molecule has 0 aliphatic carbocycles. The Kier molecular flexibility index (Phi) is 9.73. The van der Waals surface area contributed by atoms with Crippen molar-refractivity contribution >= 4 is 8.32 Å². The summed E-state index contributed by atoms with van der Waals surface area (Å²) < 4.78 is 11.2. The molecule has 0 amide bonds. The molecule has 0 N–H and O–H groups in total. The Hall–Kier alpha value is -0.283. The summed E-state index contributed by atoms with van der Waals surface area (Å²) in [5, 5.41) is 0. The summed E-state index contributed by atoms with van der Waals surface area (Å²) in [6.45, 7) is 9.44. The van der Waals surface area contributed by atoms with Gasteiger partial charge in [-0.15, -0.1) is 0 Å².